The van der Waals surface area contributed by atoms with Crippen molar-refractivity contribution in [3.05, 3.63) is 24.3 Å². The molecular weight excluding hydrogens is 218 g/mol. The Morgan fingerprint density at radius 3 is 2.82 bits per heavy atom. The van der Waals surface area contributed by atoms with Crippen LogP contribution in [0.3, 0.4) is 0 Å². The monoisotopic (exact) mass is 237 g/mol. The molecule has 0 fully saturated rings. The molecule has 1 rings (SSSR count). The van der Waals surface area contributed by atoms with Crippen LogP contribution >= 0.6 is 0 Å². The van der Waals surface area contributed by atoms with Crippen LogP contribution in [0, 0.1) is 0 Å². The second-order valence-electron chi connectivity index (χ2n) is 3.54. The molecule has 0 radical (unpaired) electrons. The molecule has 0 amide bonds. The maximum atomic E-state index is 10.9. The van der Waals surface area contributed by atoms with Crippen LogP contribution in [0.5, 0.6) is 5.75 Å². The van der Waals surface area contributed by atoms with E-state index in [-0.39, 0.29) is 5.97 Å². The highest BCUT2D eigenvalue weighted by atomic mass is 16.5. The third-order valence-corrected chi connectivity index (χ3v) is 2.29. The number of carbonyl (C=O) groups excluding carboxylic acids is 1. The minimum Gasteiger partial charge on any atom is -0.492 e. The highest BCUT2D eigenvalue weighted by Crippen LogP contribution is 2.23. The van der Waals surface area contributed by atoms with Gasteiger partial charge in [0.2, 0.25) is 0 Å². The second kappa shape index (κ2) is 7.54. The minimum absolute atomic E-state index is 0.176. The molecule has 94 valence electrons. The molecule has 0 atom stereocenters. The van der Waals surface area contributed by atoms with Crippen molar-refractivity contribution < 1.29 is 14.3 Å². The van der Waals surface area contributed by atoms with Gasteiger partial charge in [0, 0.05) is 13.0 Å². The summed E-state index contributed by atoms with van der Waals surface area (Å²) in [5, 5.41) is 3.24. The molecule has 0 aliphatic carbocycles. The number of esters is 1. The summed E-state index contributed by atoms with van der Waals surface area (Å²) in [6, 6.07) is 7.77. The van der Waals surface area contributed by atoms with Crippen LogP contribution in [0.1, 0.15) is 19.8 Å². The lowest BCUT2D eigenvalue weighted by molar-refractivity contribution is -0.140. The summed E-state index contributed by atoms with van der Waals surface area (Å²) >= 11 is 0. The summed E-state index contributed by atoms with van der Waals surface area (Å²) in [5.41, 5.74) is 0.958. The maximum absolute atomic E-state index is 10.9. The van der Waals surface area contributed by atoms with Gasteiger partial charge < -0.3 is 14.8 Å². The lowest BCUT2D eigenvalue weighted by atomic mass is 10.2. The first-order valence-corrected chi connectivity index (χ1v) is 5.80. The van der Waals surface area contributed by atoms with E-state index in [1.807, 2.05) is 31.2 Å². The Kier molecular flexibility index (Phi) is 5.93. The predicted octanol–water partition coefficient (Wildman–Crippen LogP) is 2.45. The largest absolute Gasteiger partial charge is 0.492 e. The van der Waals surface area contributed by atoms with E-state index in [9.17, 15) is 4.79 Å². The number of carbonyl (C=O) groups is 1. The van der Waals surface area contributed by atoms with E-state index in [0.29, 0.717) is 13.0 Å². The predicted molar refractivity (Wildman–Crippen MR) is 67.4 cm³/mol. The number of para-hydroxylation sites is 2. The normalized spacial score (nSPS) is 9.76. The summed E-state index contributed by atoms with van der Waals surface area (Å²) in [4.78, 5) is 10.9. The topological polar surface area (TPSA) is 47.6 Å². The van der Waals surface area contributed by atoms with Gasteiger partial charge in [-0.15, -0.1) is 0 Å². The van der Waals surface area contributed by atoms with E-state index >= 15 is 0 Å². The van der Waals surface area contributed by atoms with Gasteiger partial charge >= 0.3 is 5.97 Å². The van der Waals surface area contributed by atoms with Crippen molar-refractivity contribution in [3.63, 3.8) is 0 Å². The zero-order valence-electron chi connectivity index (χ0n) is 10.4. The van der Waals surface area contributed by atoms with Crippen LogP contribution in [0.15, 0.2) is 24.3 Å². The van der Waals surface area contributed by atoms with Crippen molar-refractivity contribution in [2.75, 3.05) is 25.6 Å². The van der Waals surface area contributed by atoms with E-state index in [1.165, 1.54) is 7.11 Å². The molecule has 1 aromatic carbocycles. The fraction of sp³-hybridized carbons (Fsp3) is 0.462. The number of anilines is 1. The third-order valence-electron chi connectivity index (χ3n) is 2.29. The van der Waals surface area contributed by atoms with Crippen LogP contribution in [0.2, 0.25) is 0 Å². The second-order valence-corrected chi connectivity index (χ2v) is 3.54. The van der Waals surface area contributed by atoms with Gasteiger partial charge in [-0.05, 0) is 25.5 Å². The Hall–Kier alpha value is -1.71. The Morgan fingerprint density at radius 2 is 2.12 bits per heavy atom. The molecule has 0 aliphatic heterocycles. The zero-order chi connectivity index (χ0) is 12.5. The minimum atomic E-state index is -0.176. The molecule has 0 aromatic heterocycles. The average molecular weight is 237 g/mol. The Bertz CT molecular complexity index is 352. The van der Waals surface area contributed by atoms with Gasteiger partial charge in [0.05, 0.1) is 19.4 Å². The van der Waals surface area contributed by atoms with Crippen molar-refractivity contribution in [2.45, 2.75) is 19.8 Å². The third kappa shape index (κ3) is 4.76. The molecule has 0 saturated heterocycles. The highest BCUT2D eigenvalue weighted by Gasteiger charge is 2.02. The Labute approximate surface area is 102 Å². The summed E-state index contributed by atoms with van der Waals surface area (Å²) < 4.78 is 10.1. The molecule has 0 spiro atoms. The molecular formula is C13H19NO3. The standard InChI is InChI=1S/C13H19NO3/c1-3-17-12-8-5-4-7-11(12)14-10-6-9-13(15)16-2/h4-5,7-8,14H,3,6,9-10H2,1-2H3. The Balaban J connectivity index is 2.38. The first kappa shape index (κ1) is 13.4. The Morgan fingerprint density at radius 1 is 1.35 bits per heavy atom. The quantitative estimate of drug-likeness (QED) is 0.584. The van der Waals surface area contributed by atoms with Crippen LogP contribution in [0.25, 0.3) is 0 Å². The van der Waals surface area contributed by atoms with Gasteiger partial charge in [-0.1, -0.05) is 12.1 Å². The summed E-state index contributed by atoms with van der Waals surface area (Å²) in [5.74, 6) is 0.665. The molecule has 0 aliphatic rings. The number of nitrogens with one attached hydrogen (secondary N) is 1. The number of hydrogen-bond acceptors (Lipinski definition) is 4. The average Bonchev–Trinajstić information content (AvgIpc) is 2.36. The number of ether oxygens (including phenoxy) is 2. The fourth-order valence-electron chi connectivity index (χ4n) is 1.45. The molecule has 4 heteroatoms. The van der Waals surface area contributed by atoms with Crippen molar-refractivity contribution in [1.82, 2.24) is 0 Å². The smallest absolute Gasteiger partial charge is 0.305 e. The zero-order valence-corrected chi connectivity index (χ0v) is 10.4. The van der Waals surface area contributed by atoms with E-state index < -0.39 is 0 Å². The maximum Gasteiger partial charge on any atom is 0.305 e. The lowest BCUT2D eigenvalue weighted by Gasteiger charge is -2.11. The molecule has 4 nitrogen and oxygen atoms in total. The van der Waals surface area contributed by atoms with Crippen molar-refractivity contribution >= 4 is 11.7 Å². The van der Waals surface area contributed by atoms with E-state index in [1.54, 1.807) is 0 Å². The number of benzene rings is 1. The first-order chi connectivity index (χ1) is 8.27. The first-order valence-electron chi connectivity index (χ1n) is 5.80. The van der Waals surface area contributed by atoms with E-state index in [0.717, 1.165) is 24.4 Å². The van der Waals surface area contributed by atoms with Crippen LogP contribution in [-0.2, 0) is 9.53 Å². The summed E-state index contributed by atoms with van der Waals surface area (Å²) in [7, 11) is 1.40. The van der Waals surface area contributed by atoms with Crippen LogP contribution in [-0.4, -0.2) is 26.2 Å². The summed E-state index contributed by atoms with van der Waals surface area (Å²) in [6.07, 6.45) is 1.17. The van der Waals surface area contributed by atoms with Gasteiger partial charge in [-0.2, -0.15) is 0 Å². The SMILES string of the molecule is CCOc1ccccc1NCCCC(=O)OC. The van der Waals surface area contributed by atoms with E-state index in [4.69, 9.17) is 4.74 Å². The molecule has 0 saturated carbocycles. The van der Waals surface area contributed by atoms with Crippen molar-refractivity contribution in [1.29, 1.82) is 0 Å². The molecule has 17 heavy (non-hydrogen) atoms. The van der Waals surface area contributed by atoms with Crippen LogP contribution < -0.4 is 10.1 Å². The fourth-order valence-corrected chi connectivity index (χ4v) is 1.45. The number of rotatable bonds is 7. The lowest BCUT2D eigenvalue weighted by Crippen LogP contribution is -2.07. The van der Waals surface area contributed by atoms with Crippen molar-refractivity contribution in [3.8, 4) is 5.75 Å². The van der Waals surface area contributed by atoms with Gasteiger partial charge in [0.1, 0.15) is 5.75 Å². The number of hydrogen-bond donors (Lipinski definition) is 1. The molecule has 1 aromatic rings. The summed E-state index contributed by atoms with van der Waals surface area (Å²) in [6.45, 7) is 3.31. The highest BCUT2D eigenvalue weighted by molar-refractivity contribution is 5.69. The molecule has 1 N–H and O–H groups in total. The van der Waals surface area contributed by atoms with Crippen LogP contribution in [0.4, 0.5) is 5.69 Å². The van der Waals surface area contributed by atoms with Gasteiger partial charge in [0.15, 0.2) is 0 Å². The molecule has 0 unspecified atom stereocenters. The number of methoxy groups -OCH3 is 1. The van der Waals surface area contributed by atoms with Gasteiger partial charge in [-0.25, -0.2) is 0 Å². The molecule has 0 heterocycles. The van der Waals surface area contributed by atoms with Gasteiger partial charge in [0.25, 0.3) is 0 Å². The van der Waals surface area contributed by atoms with Gasteiger partial charge in [-0.3, -0.25) is 4.79 Å². The van der Waals surface area contributed by atoms with Crippen molar-refractivity contribution in [2.24, 2.45) is 0 Å². The van der Waals surface area contributed by atoms with E-state index in [2.05, 4.69) is 10.1 Å². The molecule has 0 bridgehead atoms.